The first-order valence-corrected chi connectivity index (χ1v) is 6.40. The standard InChI is InChI=1S/C9H19N3O3S/c1-8(5-10)16(14,15)11-6-9(2,13)7-12(3)4/h8,11,13H,6-7H2,1-4H3. The number of likely N-dealkylation sites (N-methyl/N-ethyl adjacent to an activating group) is 1. The molecule has 0 heterocycles. The van der Waals surface area contributed by atoms with Gasteiger partial charge < -0.3 is 10.0 Å². The van der Waals surface area contributed by atoms with Gasteiger partial charge >= 0.3 is 0 Å². The Morgan fingerprint density at radius 1 is 1.56 bits per heavy atom. The Morgan fingerprint density at radius 3 is 2.44 bits per heavy atom. The summed E-state index contributed by atoms with van der Waals surface area (Å²) in [5, 5.41) is 17.2. The Morgan fingerprint density at radius 2 is 2.06 bits per heavy atom. The summed E-state index contributed by atoms with van der Waals surface area (Å²) in [6.07, 6.45) is 0. The minimum Gasteiger partial charge on any atom is -0.387 e. The van der Waals surface area contributed by atoms with Crippen molar-refractivity contribution in [2.24, 2.45) is 0 Å². The number of sulfonamides is 1. The summed E-state index contributed by atoms with van der Waals surface area (Å²) in [4.78, 5) is 1.75. The summed E-state index contributed by atoms with van der Waals surface area (Å²) in [6.45, 7) is 3.05. The molecular formula is C9H19N3O3S. The molecule has 7 heteroatoms. The Labute approximate surface area is 96.9 Å². The molecule has 0 amide bonds. The first-order valence-electron chi connectivity index (χ1n) is 4.86. The van der Waals surface area contributed by atoms with E-state index in [0.717, 1.165) is 0 Å². The van der Waals surface area contributed by atoms with Gasteiger partial charge in [0.05, 0.1) is 11.7 Å². The number of nitriles is 1. The van der Waals surface area contributed by atoms with Gasteiger partial charge in [-0.1, -0.05) is 0 Å². The van der Waals surface area contributed by atoms with Gasteiger partial charge in [-0.25, -0.2) is 13.1 Å². The minimum atomic E-state index is -3.67. The van der Waals surface area contributed by atoms with E-state index in [4.69, 9.17) is 5.26 Å². The van der Waals surface area contributed by atoms with Crippen LogP contribution in [0.2, 0.25) is 0 Å². The molecule has 94 valence electrons. The van der Waals surface area contributed by atoms with Crippen LogP contribution in [0.25, 0.3) is 0 Å². The van der Waals surface area contributed by atoms with Crippen molar-refractivity contribution in [3.05, 3.63) is 0 Å². The quantitative estimate of drug-likeness (QED) is 0.638. The van der Waals surface area contributed by atoms with E-state index in [-0.39, 0.29) is 6.54 Å². The molecule has 0 aliphatic carbocycles. The highest BCUT2D eigenvalue weighted by Gasteiger charge is 2.26. The third-order valence-corrected chi connectivity index (χ3v) is 3.54. The lowest BCUT2D eigenvalue weighted by Gasteiger charge is -2.27. The SMILES string of the molecule is CC(C#N)S(=O)(=O)NCC(C)(O)CN(C)C. The molecule has 16 heavy (non-hydrogen) atoms. The predicted molar refractivity (Wildman–Crippen MR) is 61.2 cm³/mol. The van der Waals surface area contributed by atoms with E-state index >= 15 is 0 Å². The molecule has 0 fully saturated rings. The molecule has 0 spiro atoms. The summed E-state index contributed by atoms with van der Waals surface area (Å²) in [5.41, 5.74) is -1.16. The Balaban J connectivity index is 4.41. The molecule has 0 aliphatic heterocycles. The summed E-state index contributed by atoms with van der Waals surface area (Å²) < 4.78 is 25.1. The van der Waals surface area contributed by atoms with Crippen LogP contribution in [0, 0.1) is 11.3 Å². The second kappa shape index (κ2) is 5.59. The number of rotatable bonds is 6. The third-order valence-electron chi connectivity index (χ3n) is 1.96. The van der Waals surface area contributed by atoms with Crippen LogP contribution in [0.3, 0.4) is 0 Å². The molecule has 6 nitrogen and oxygen atoms in total. The van der Waals surface area contributed by atoms with Crippen molar-refractivity contribution in [3.8, 4) is 6.07 Å². The smallest absolute Gasteiger partial charge is 0.227 e. The fourth-order valence-electron chi connectivity index (χ4n) is 1.19. The zero-order chi connectivity index (χ0) is 13.0. The van der Waals surface area contributed by atoms with E-state index < -0.39 is 20.9 Å². The predicted octanol–water partition coefficient (Wildman–Crippen LogP) is -0.870. The Bertz CT molecular complexity index is 357. The van der Waals surface area contributed by atoms with Crippen LogP contribution in [0.15, 0.2) is 0 Å². The van der Waals surface area contributed by atoms with E-state index in [2.05, 4.69) is 4.72 Å². The molecule has 0 aliphatic rings. The average Bonchev–Trinajstić information content (AvgIpc) is 2.12. The number of nitrogens with one attached hydrogen (secondary N) is 1. The van der Waals surface area contributed by atoms with Gasteiger partial charge in [0.2, 0.25) is 10.0 Å². The maximum atomic E-state index is 11.4. The normalized spacial score (nSPS) is 17.8. The maximum absolute atomic E-state index is 11.4. The van der Waals surface area contributed by atoms with Crippen molar-refractivity contribution < 1.29 is 13.5 Å². The van der Waals surface area contributed by atoms with E-state index in [1.165, 1.54) is 13.8 Å². The lowest BCUT2D eigenvalue weighted by atomic mass is 10.1. The summed E-state index contributed by atoms with van der Waals surface area (Å²) in [5.74, 6) is 0. The van der Waals surface area contributed by atoms with E-state index in [9.17, 15) is 13.5 Å². The van der Waals surface area contributed by atoms with Gasteiger partial charge in [0.15, 0.2) is 5.25 Å². The van der Waals surface area contributed by atoms with E-state index in [1.54, 1.807) is 25.1 Å². The fourth-order valence-corrected chi connectivity index (χ4v) is 2.09. The highest BCUT2D eigenvalue weighted by atomic mass is 32.2. The van der Waals surface area contributed by atoms with Crippen LogP contribution in [-0.2, 0) is 10.0 Å². The molecule has 0 saturated heterocycles. The maximum Gasteiger partial charge on any atom is 0.227 e. The number of hydrogen-bond acceptors (Lipinski definition) is 5. The van der Waals surface area contributed by atoms with Crippen molar-refractivity contribution in [1.29, 1.82) is 5.26 Å². The van der Waals surface area contributed by atoms with Crippen molar-refractivity contribution in [2.45, 2.75) is 24.7 Å². The highest BCUT2D eigenvalue weighted by molar-refractivity contribution is 7.90. The average molecular weight is 249 g/mol. The molecule has 2 atom stereocenters. The largest absolute Gasteiger partial charge is 0.387 e. The van der Waals surface area contributed by atoms with Gasteiger partial charge in [-0.05, 0) is 27.9 Å². The Kier molecular flexibility index (Phi) is 5.35. The van der Waals surface area contributed by atoms with Crippen molar-refractivity contribution in [3.63, 3.8) is 0 Å². The topological polar surface area (TPSA) is 93.4 Å². The van der Waals surface area contributed by atoms with Gasteiger partial charge in [-0.15, -0.1) is 0 Å². The fraction of sp³-hybridized carbons (Fsp3) is 0.889. The highest BCUT2D eigenvalue weighted by Crippen LogP contribution is 2.05. The summed E-state index contributed by atoms with van der Waals surface area (Å²) in [7, 11) is -0.112. The van der Waals surface area contributed by atoms with Crippen LogP contribution < -0.4 is 4.72 Å². The summed E-state index contributed by atoms with van der Waals surface area (Å²) in [6, 6.07) is 1.64. The first-order chi connectivity index (χ1) is 7.10. The molecule has 0 bridgehead atoms. The zero-order valence-electron chi connectivity index (χ0n) is 10.1. The second-order valence-electron chi connectivity index (χ2n) is 4.37. The molecule has 0 rings (SSSR count). The minimum absolute atomic E-state index is 0.112. The van der Waals surface area contributed by atoms with Gasteiger partial charge in [0.25, 0.3) is 0 Å². The van der Waals surface area contributed by atoms with E-state index in [0.29, 0.717) is 6.54 Å². The summed E-state index contributed by atoms with van der Waals surface area (Å²) >= 11 is 0. The number of aliphatic hydroxyl groups is 1. The van der Waals surface area contributed by atoms with Gasteiger partial charge in [-0.2, -0.15) is 5.26 Å². The molecule has 0 aromatic rings. The molecule has 2 unspecified atom stereocenters. The third kappa shape index (κ3) is 5.42. The molecule has 0 aromatic carbocycles. The lowest BCUT2D eigenvalue weighted by Crippen LogP contribution is -2.48. The van der Waals surface area contributed by atoms with E-state index in [1.807, 2.05) is 0 Å². The number of hydrogen-bond donors (Lipinski definition) is 2. The molecular weight excluding hydrogens is 230 g/mol. The van der Waals surface area contributed by atoms with Crippen LogP contribution in [0.5, 0.6) is 0 Å². The van der Waals surface area contributed by atoms with Crippen molar-refractivity contribution >= 4 is 10.0 Å². The van der Waals surface area contributed by atoms with Crippen molar-refractivity contribution in [1.82, 2.24) is 9.62 Å². The van der Waals surface area contributed by atoms with Crippen LogP contribution in [-0.4, -0.2) is 56.5 Å². The van der Waals surface area contributed by atoms with Crippen LogP contribution in [0.4, 0.5) is 0 Å². The second-order valence-corrected chi connectivity index (χ2v) is 6.46. The molecule has 0 saturated carbocycles. The molecule has 2 N–H and O–H groups in total. The monoisotopic (exact) mass is 249 g/mol. The zero-order valence-corrected chi connectivity index (χ0v) is 10.9. The first kappa shape index (κ1) is 15.3. The molecule has 0 aromatic heterocycles. The van der Waals surface area contributed by atoms with Crippen molar-refractivity contribution in [2.75, 3.05) is 27.2 Å². The van der Waals surface area contributed by atoms with Crippen LogP contribution in [0.1, 0.15) is 13.8 Å². The van der Waals surface area contributed by atoms with Crippen LogP contribution >= 0.6 is 0 Å². The lowest BCUT2D eigenvalue weighted by molar-refractivity contribution is 0.0386. The van der Waals surface area contributed by atoms with Gasteiger partial charge in [0, 0.05) is 13.1 Å². The molecule has 0 radical (unpaired) electrons. The van der Waals surface area contributed by atoms with Gasteiger partial charge in [-0.3, -0.25) is 0 Å². The Hall–Kier alpha value is -0.680. The van der Waals surface area contributed by atoms with Gasteiger partial charge in [0.1, 0.15) is 0 Å². The number of nitrogens with zero attached hydrogens (tertiary/aromatic N) is 2.